The molecular weight excluding hydrogens is 303 g/mol. The number of likely N-dealkylation sites (tertiary alicyclic amines) is 1. The maximum atomic E-state index is 13.3. The molecule has 24 heavy (non-hydrogen) atoms. The zero-order valence-corrected chi connectivity index (χ0v) is 14.6. The van der Waals surface area contributed by atoms with Gasteiger partial charge in [0.05, 0.1) is 6.20 Å². The second-order valence-corrected chi connectivity index (χ2v) is 6.71. The van der Waals surface area contributed by atoms with Gasteiger partial charge in [0, 0.05) is 42.6 Å². The van der Waals surface area contributed by atoms with E-state index in [4.69, 9.17) is 0 Å². The van der Waals surface area contributed by atoms with Crippen LogP contribution in [0.4, 0.5) is 10.1 Å². The van der Waals surface area contributed by atoms with Crippen molar-refractivity contribution in [2.75, 3.05) is 18.4 Å². The molecular formula is C19H27FN4. The SMILES string of the molecule is CCCn1ncc(CN2CCCC(Nc3cccc(F)c3)C2)c1C. The summed E-state index contributed by atoms with van der Waals surface area (Å²) in [7, 11) is 0. The molecule has 2 aromatic rings. The summed E-state index contributed by atoms with van der Waals surface area (Å²) >= 11 is 0. The minimum Gasteiger partial charge on any atom is -0.381 e. The average Bonchev–Trinajstić information content (AvgIpc) is 2.89. The van der Waals surface area contributed by atoms with Crippen LogP contribution in [0.25, 0.3) is 0 Å². The molecule has 1 fully saturated rings. The van der Waals surface area contributed by atoms with Crippen molar-refractivity contribution in [1.29, 1.82) is 0 Å². The minimum atomic E-state index is -0.188. The summed E-state index contributed by atoms with van der Waals surface area (Å²) in [5.41, 5.74) is 3.46. The van der Waals surface area contributed by atoms with E-state index < -0.39 is 0 Å². The van der Waals surface area contributed by atoms with Gasteiger partial charge >= 0.3 is 0 Å². The summed E-state index contributed by atoms with van der Waals surface area (Å²) in [5, 5.41) is 7.98. The van der Waals surface area contributed by atoms with Gasteiger partial charge in [0.25, 0.3) is 0 Å². The lowest BCUT2D eigenvalue weighted by Crippen LogP contribution is -2.41. The van der Waals surface area contributed by atoms with E-state index >= 15 is 0 Å². The first-order chi connectivity index (χ1) is 11.7. The van der Waals surface area contributed by atoms with E-state index in [0.29, 0.717) is 6.04 Å². The maximum absolute atomic E-state index is 13.3. The van der Waals surface area contributed by atoms with E-state index in [-0.39, 0.29) is 5.82 Å². The Kier molecular flexibility index (Phi) is 5.51. The number of aromatic nitrogens is 2. The molecule has 5 heteroatoms. The summed E-state index contributed by atoms with van der Waals surface area (Å²) in [6.45, 7) is 8.35. The van der Waals surface area contributed by atoms with Crippen molar-refractivity contribution in [3.63, 3.8) is 0 Å². The number of rotatable bonds is 6. The van der Waals surface area contributed by atoms with Crippen molar-refractivity contribution < 1.29 is 4.39 Å². The van der Waals surface area contributed by atoms with Crippen LogP contribution in [-0.4, -0.2) is 33.8 Å². The molecule has 0 saturated carbocycles. The van der Waals surface area contributed by atoms with E-state index in [1.165, 1.54) is 17.3 Å². The molecule has 1 atom stereocenters. The molecule has 0 amide bonds. The highest BCUT2D eigenvalue weighted by molar-refractivity contribution is 5.44. The molecule has 1 aliphatic heterocycles. The predicted octanol–water partition coefficient (Wildman–Crippen LogP) is 3.82. The molecule has 1 aliphatic rings. The molecule has 0 bridgehead atoms. The van der Waals surface area contributed by atoms with Gasteiger partial charge in [-0.25, -0.2) is 4.39 Å². The molecule has 3 rings (SSSR count). The number of benzene rings is 1. The topological polar surface area (TPSA) is 33.1 Å². The summed E-state index contributed by atoms with van der Waals surface area (Å²) in [5.74, 6) is -0.188. The Morgan fingerprint density at radius 3 is 3.04 bits per heavy atom. The monoisotopic (exact) mass is 330 g/mol. The number of hydrogen-bond acceptors (Lipinski definition) is 3. The Bertz CT molecular complexity index is 667. The summed E-state index contributed by atoms with van der Waals surface area (Å²) in [6, 6.07) is 7.10. The second kappa shape index (κ2) is 7.79. The van der Waals surface area contributed by atoms with E-state index in [2.05, 4.69) is 33.8 Å². The number of hydrogen-bond donors (Lipinski definition) is 1. The van der Waals surface area contributed by atoms with Crippen molar-refractivity contribution in [3.8, 4) is 0 Å². The van der Waals surface area contributed by atoms with Crippen LogP contribution in [0.2, 0.25) is 0 Å². The van der Waals surface area contributed by atoms with E-state index in [9.17, 15) is 4.39 Å². The molecule has 1 N–H and O–H groups in total. The lowest BCUT2D eigenvalue weighted by molar-refractivity contribution is 0.208. The lowest BCUT2D eigenvalue weighted by atomic mass is 10.0. The van der Waals surface area contributed by atoms with Crippen molar-refractivity contribution in [3.05, 3.63) is 47.5 Å². The van der Waals surface area contributed by atoms with Gasteiger partial charge in [0.2, 0.25) is 0 Å². The van der Waals surface area contributed by atoms with Crippen molar-refractivity contribution in [2.24, 2.45) is 0 Å². The molecule has 0 radical (unpaired) electrons. The standard InChI is InChI=1S/C19H27FN4/c1-3-9-24-15(2)16(12-21-24)13-23-10-5-8-19(14-23)22-18-7-4-6-17(20)11-18/h4,6-7,11-12,19,22H,3,5,8-10,13-14H2,1-2H3. The molecule has 2 heterocycles. The number of nitrogens with zero attached hydrogens (tertiary/aromatic N) is 3. The second-order valence-electron chi connectivity index (χ2n) is 6.71. The van der Waals surface area contributed by atoms with Crippen LogP contribution >= 0.6 is 0 Å². The Hall–Kier alpha value is -1.88. The van der Waals surface area contributed by atoms with Gasteiger partial charge in [-0.1, -0.05) is 13.0 Å². The summed E-state index contributed by atoms with van der Waals surface area (Å²) < 4.78 is 15.4. The van der Waals surface area contributed by atoms with Crippen LogP contribution in [0.3, 0.4) is 0 Å². The number of anilines is 1. The predicted molar refractivity (Wildman–Crippen MR) is 95.6 cm³/mol. The largest absolute Gasteiger partial charge is 0.381 e. The molecule has 1 saturated heterocycles. The fourth-order valence-corrected chi connectivity index (χ4v) is 3.45. The van der Waals surface area contributed by atoms with Crippen molar-refractivity contribution >= 4 is 5.69 Å². The van der Waals surface area contributed by atoms with Crippen LogP contribution in [0, 0.1) is 12.7 Å². The number of piperidine rings is 1. The zero-order chi connectivity index (χ0) is 16.9. The number of halogens is 1. The third kappa shape index (κ3) is 4.15. The van der Waals surface area contributed by atoms with Crippen LogP contribution < -0.4 is 5.32 Å². The molecule has 0 spiro atoms. The fourth-order valence-electron chi connectivity index (χ4n) is 3.45. The summed E-state index contributed by atoms with van der Waals surface area (Å²) in [6.07, 6.45) is 5.40. The number of aryl methyl sites for hydroxylation is 1. The molecule has 0 aliphatic carbocycles. The molecule has 4 nitrogen and oxygen atoms in total. The van der Waals surface area contributed by atoms with E-state index in [1.807, 2.05) is 12.3 Å². The Balaban J connectivity index is 1.59. The first kappa shape index (κ1) is 17.0. The Morgan fingerprint density at radius 2 is 2.25 bits per heavy atom. The minimum absolute atomic E-state index is 0.188. The van der Waals surface area contributed by atoms with Crippen LogP contribution in [0.5, 0.6) is 0 Å². The van der Waals surface area contributed by atoms with Crippen LogP contribution in [0.15, 0.2) is 30.5 Å². The first-order valence-electron chi connectivity index (χ1n) is 8.91. The van der Waals surface area contributed by atoms with Gasteiger partial charge < -0.3 is 5.32 Å². The van der Waals surface area contributed by atoms with E-state index in [1.54, 1.807) is 12.1 Å². The smallest absolute Gasteiger partial charge is 0.125 e. The van der Waals surface area contributed by atoms with Crippen molar-refractivity contribution in [2.45, 2.75) is 52.2 Å². The van der Waals surface area contributed by atoms with Gasteiger partial charge in [-0.05, 0) is 50.9 Å². The fraction of sp³-hybridized carbons (Fsp3) is 0.526. The van der Waals surface area contributed by atoms with Gasteiger partial charge in [0.1, 0.15) is 5.82 Å². The molecule has 1 aromatic carbocycles. The van der Waals surface area contributed by atoms with Crippen LogP contribution in [0.1, 0.15) is 37.4 Å². The van der Waals surface area contributed by atoms with Crippen molar-refractivity contribution in [1.82, 2.24) is 14.7 Å². The highest BCUT2D eigenvalue weighted by Crippen LogP contribution is 2.19. The average molecular weight is 330 g/mol. The molecule has 1 unspecified atom stereocenters. The number of nitrogens with one attached hydrogen (secondary N) is 1. The van der Waals surface area contributed by atoms with Crippen LogP contribution in [-0.2, 0) is 13.1 Å². The molecule has 130 valence electrons. The third-order valence-electron chi connectivity index (χ3n) is 4.74. The highest BCUT2D eigenvalue weighted by atomic mass is 19.1. The Morgan fingerprint density at radius 1 is 1.38 bits per heavy atom. The van der Waals surface area contributed by atoms with Gasteiger partial charge in [0.15, 0.2) is 0 Å². The lowest BCUT2D eigenvalue weighted by Gasteiger charge is -2.33. The normalized spacial score (nSPS) is 18.7. The van der Waals surface area contributed by atoms with E-state index in [0.717, 1.165) is 51.1 Å². The summed E-state index contributed by atoms with van der Waals surface area (Å²) in [4.78, 5) is 2.47. The quantitative estimate of drug-likeness (QED) is 0.874. The molecule has 1 aromatic heterocycles. The maximum Gasteiger partial charge on any atom is 0.125 e. The van der Waals surface area contributed by atoms with Gasteiger partial charge in [-0.3, -0.25) is 9.58 Å². The van der Waals surface area contributed by atoms with Gasteiger partial charge in [-0.15, -0.1) is 0 Å². The Labute approximate surface area is 143 Å². The third-order valence-corrected chi connectivity index (χ3v) is 4.74. The van der Waals surface area contributed by atoms with Gasteiger partial charge in [-0.2, -0.15) is 5.10 Å². The highest BCUT2D eigenvalue weighted by Gasteiger charge is 2.21. The zero-order valence-electron chi connectivity index (χ0n) is 14.6. The first-order valence-corrected chi connectivity index (χ1v) is 8.91.